The Hall–Kier alpha value is -2.63. The molecule has 0 spiro atoms. The van der Waals surface area contributed by atoms with Gasteiger partial charge in [-0.25, -0.2) is 9.37 Å². The molecule has 1 amide bonds. The maximum absolute atomic E-state index is 13.2. The van der Waals surface area contributed by atoms with Crippen LogP contribution in [0.2, 0.25) is 0 Å². The van der Waals surface area contributed by atoms with Gasteiger partial charge in [0, 0.05) is 12.3 Å². The monoisotopic (exact) mass is 275 g/mol. The first-order valence-corrected chi connectivity index (χ1v) is 6.06. The lowest BCUT2D eigenvalue weighted by atomic mass is 10.2. The van der Waals surface area contributed by atoms with Gasteiger partial charge in [-0.15, -0.1) is 0 Å². The van der Waals surface area contributed by atoms with Crippen LogP contribution in [0.15, 0.2) is 36.5 Å². The predicted octanol–water partition coefficient (Wildman–Crippen LogP) is 2.45. The molecule has 1 aromatic heterocycles. The first-order valence-electron chi connectivity index (χ1n) is 6.06. The minimum Gasteiger partial charge on any atom is -0.492 e. The smallest absolute Gasteiger partial charge is 0.276 e. The summed E-state index contributed by atoms with van der Waals surface area (Å²) >= 11 is 0. The van der Waals surface area contributed by atoms with Crippen molar-refractivity contribution >= 4 is 17.3 Å². The van der Waals surface area contributed by atoms with Crippen molar-refractivity contribution in [1.82, 2.24) is 4.98 Å². The number of benzene rings is 1. The molecule has 0 fully saturated rings. The highest BCUT2D eigenvalue weighted by atomic mass is 19.1. The molecule has 0 saturated carbocycles. The normalized spacial score (nSPS) is 10.1. The van der Waals surface area contributed by atoms with Crippen molar-refractivity contribution in [1.29, 1.82) is 0 Å². The van der Waals surface area contributed by atoms with E-state index < -0.39 is 11.7 Å². The van der Waals surface area contributed by atoms with Crippen LogP contribution in [0.5, 0.6) is 5.75 Å². The Balaban J connectivity index is 2.26. The molecule has 1 heterocycles. The predicted molar refractivity (Wildman–Crippen MR) is 74.2 cm³/mol. The van der Waals surface area contributed by atoms with Gasteiger partial charge >= 0.3 is 0 Å². The average molecular weight is 275 g/mol. The van der Waals surface area contributed by atoms with Crippen molar-refractivity contribution in [3.05, 3.63) is 48.0 Å². The van der Waals surface area contributed by atoms with Crippen LogP contribution in [0, 0.1) is 5.82 Å². The summed E-state index contributed by atoms with van der Waals surface area (Å²) in [6, 6.07) is 7.09. The molecule has 2 rings (SSSR count). The molecule has 0 unspecified atom stereocenters. The summed E-state index contributed by atoms with van der Waals surface area (Å²) in [4.78, 5) is 16.0. The molecular weight excluding hydrogens is 261 g/mol. The number of carbonyl (C=O) groups is 1. The number of nitrogens with zero attached hydrogens (tertiary/aromatic N) is 1. The zero-order valence-electron chi connectivity index (χ0n) is 10.9. The minimum absolute atomic E-state index is 0.110. The molecule has 0 saturated heterocycles. The molecular formula is C14H14FN3O2. The van der Waals surface area contributed by atoms with Crippen molar-refractivity contribution in [2.24, 2.45) is 0 Å². The molecule has 104 valence electrons. The van der Waals surface area contributed by atoms with Crippen LogP contribution in [0.3, 0.4) is 0 Å². The number of ether oxygens (including phenoxy) is 1. The van der Waals surface area contributed by atoms with E-state index in [2.05, 4.69) is 10.3 Å². The van der Waals surface area contributed by atoms with E-state index in [-0.39, 0.29) is 17.1 Å². The van der Waals surface area contributed by atoms with Gasteiger partial charge in [0.1, 0.15) is 11.6 Å². The Bertz CT molecular complexity index is 632. The fourth-order valence-electron chi connectivity index (χ4n) is 1.66. The summed E-state index contributed by atoms with van der Waals surface area (Å²) in [5.74, 6) is -0.658. The van der Waals surface area contributed by atoms with E-state index in [0.717, 1.165) is 0 Å². The molecule has 3 N–H and O–H groups in total. The number of hydrogen-bond donors (Lipinski definition) is 2. The third-order valence-corrected chi connectivity index (χ3v) is 2.55. The molecule has 0 aliphatic heterocycles. The van der Waals surface area contributed by atoms with E-state index >= 15 is 0 Å². The van der Waals surface area contributed by atoms with E-state index in [1.807, 2.05) is 0 Å². The molecule has 0 aliphatic rings. The van der Waals surface area contributed by atoms with Gasteiger partial charge in [-0.3, -0.25) is 4.79 Å². The summed E-state index contributed by atoms with van der Waals surface area (Å²) in [7, 11) is 0. The van der Waals surface area contributed by atoms with Crippen LogP contribution in [0.4, 0.5) is 15.8 Å². The lowest BCUT2D eigenvalue weighted by Gasteiger charge is -2.11. The molecule has 0 aliphatic carbocycles. The maximum atomic E-state index is 13.2. The van der Waals surface area contributed by atoms with Gasteiger partial charge in [0.15, 0.2) is 5.69 Å². The Morgan fingerprint density at radius 1 is 1.45 bits per heavy atom. The van der Waals surface area contributed by atoms with Crippen LogP contribution in [-0.4, -0.2) is 17.5 Å². The summed E-state index contributed by atoms with van der Waals surface area (Å²) in [5.41, 5.74) is 6.42. The average Bonchev–Trinajstić information content (AvgIpc) is 2.42. The summed E-state index contributed by atoms with van der Waals surface area (Å²) in [6.45, 7) is 2.13. The Labute approximate surface area is 115 Å². The van der Waals surface area contributed by atoms with Gasteiger partial charge in [-0.2, -0.15) is 0 Å². The zero-order chi connectivity index (χ0) is 14.5. The van der Waals surface area contributed by atoms with Crippen molar-refractivity contribution < 1.29 is 13.9 Å². The van der Waals surface area contributed by atoms with E-state index in [4.69, 9.17) is 10.5 Å². The number of nitrogen functional groups attached to an aromatic ring is 1. The number of rotatable bonds is 4. The number of amides is 1. The quantitative estimate of drug-likeness (QED) is 0.898. The fourth-order valence-corrected chi connectivity index (χ4v) is 1.66. The fraction of sp³-hybridized carbons (Fsp3) is 0.143. The van der Waals surface area contributed by atoms with Crippen molar-refractivity contribution in [2.45, 2.75) is 6.92 Å². The number of nitrogens with two attached hydrogens (primary N) is 1. The lowest BCUT2D eigenvalue weighted by Crippen LogP contribution is -2.16. The van der Waals surface area contributed by atoms with E-state index in [0.29, 0.717) is 12.3 Å². The molecule has 6 heteroatoms. The van der Waals surface area contributed by atoms with Crippen LogP contribution in [0.1, 0.15) is 17.4 Å². The van der Waals surface area contributed by atoms with Crippen LogP contribution < -0.4 is 15.8 Å². The minimum atomic E-state index is -0.476. The van der Waals surface area contributed by atoms with Gasteiger partial charge in [0.25, 0.3) is 5.91 Å². The number of nitrogens with one attached hydrogen (secondary N) is 1. The summed E-state index contributed by atoms with van der Waals surface area (Å²) in [5, 5.41) is 2.61. The first kappa shape index (κ1) is 13.8. The molecule has 0 bridgehead atoms. The third kappa shape index (κ3) is 3.03. The van der Waals surface area contributed by atoms with Gasteiger partial charge in [-0.1, -0.05) is 0 Å². The number of halogens is 1. The summed E-state index contributed by atoms with van der Waals surface area (Å²) < 4.78 is 18.4. The Kier molecular flexibility index (Phi) is 4.14. The largest absolute Gasteiger partial charge is 0.492 e. The topological polar surface area (TPSA) is 77.2 Å². The highest BCUT2D eigenvalue weighted by molar-refractivity contribution is 6.06. The second-order valence-electron chi connectivity index (χ2n) is 3.97. The van der Waals surface area contributed by atoms with Gasteiger partial charge in [0.05, 0.1) is 18.0 Å². The van der Waals surface area contributed by atoms with Gasteiger partial charge in [0.2, 0.25) is 0 Å². The van der Waals surface area contributed by atoms with Crippen LogP contribution in [-0.2, 0) is 0 Å². The number of pyridine rings is 1. The van der Waals surface area contributed by atoms with Crippen molar-refractivity contribution in [2.75, 3.05) is 17.7 Å². The van der Waals surface area contributed by atoms with E-state index in [9.17, 15) is 9.18 Å². The number of aromatic nitrogens is 1. The number of hydrogen-bond acceptors (Lipinski definition) is 4. The summed E-state index contributed by atoms with van der Waals surface area (Å²) in [6.07, 6.45) is 1.47. The zero-order valence-corrected chi connectivity index (χ0v) is 10.9. The second-order valence-corrected chi connectivity index (χ2v) is 3.97. The van der Waals surface area contributed by atoms with E-state index in [1.54, 1.807) is 19.1 Å². The molecule has 0 atom stereocenters. The Morgan fingerprint density at radius 3 is 2.95 bits per heavy atom. The number of carbonyl (C=O) groups excluding carboxylic acids is 1. The first-order chi connectivity index (χ1) is 9.61. The molecule has 0 radical (unpaired) electrons. The highest BCUT2D eigenvalue weighted by Crippen LogP contribution is 2.26. The molecule has 20 heavy (non-hydrogen) atoms. The standard InChI is InChI=1S/C14H14FN3O2/c1-2-20-12-8-9(15)5-6-11(12)18-14(19)13-10(16)4-3-7-17-13/h3-8H,2,16H2,1H3,(H,18,19). The van der Waals surface area contributed by atoms with E-state index in [1.165, 1.54) is 24.4 Å². The van der Waals surface area contributed by atoms with Crippen LogP contribution >= 0.6 is 0 Å². The van der Waals surface area contributed by atoms with Crippen molar-refractivity contribution in [3.63, 3.8) is 0 Å². The molecule has 5 nitrogen and oxygen atoms in total. The maximum Gasteiger partial charge on any atom is 0.276 e. The van der Waals surface area contributed by atoms with Crippen LogP contribution in [0.25, 0.3) is 0 Å². The highest BCUT2D eigenvalue weighted by Gasteiger charge is 2.14. The SMILES string of the molecule is CCOc1cc(F)ccc1NC(=O)c1ncccc1N. The van der Waals surface area contributed by atoms with Gasteiger partial charge < -0.3 is 15.8 Å². The number of anilines is 2. The molecule has 1 aromatic carbocycles. The lowest BCUT2D eigenvalue weighted by molar-refractivity contribution is 0.102. The second kappa shape index (κ2) is 6.01. The molecule has 2 aromatic rings. The van der Waals surface area contributed by atoms with Crippen molar-refractivity contribution in [3.8, 4) is 5.75 Å². The third-order valence-electron chi connectivity index (χ3n) is 2.55. The van der Waals surface area contributed by atoms with Gasteiger partial charge in [-0.05, 0) is 31.2 Å². The Morgan fingerprint density at radius 2 is 2.25 bits per heavy atom.